The van der Waals surface area contributed by atoms with Crippen molar-refractivity contribution >= 4 is 40.1 Å². The van der Waals surface area contributed by atoms with Crippen molar-refractivity contribution in [3.63, 3.8) is 0 Å². The van der Waals surface area contributed by atoms with Crippen LogP contribution in [-0.4, -0.2) is 18.4 Å². The van der Waals surface area contributed by atoms with Gasteiger partial charge < -0.3 is 14.9 Å². The van der Waals surface area contributed by atoms with Gasteiger partial charge in [-0.3, -0.25) is 19.3 Å². The molecule has 2 heterocycles. The largest absolute Gasteiger partial charge is 0.484 e. The van der Waals surface area contributed by atoms with Crippen molar-refractivity contribution in [3.05, 3.63) is 105 Å². The maximum Gasteiger partial charge on any atom is 0.295 e. The highest BCUT2D eigenvalue weighted by Crippen LogP contribution is 2.41. The fourth-order valence-corrected chi connectivity index (χ4v) is 4.20. The minimum absolute atomic E-state index is 0.0943. The van der Waals surface area contributed by atoms with Crippen LogP contribution in [0.1, 0.15) is 27.7 Å². The Morgan fingerprint density at radius 1 is 1.06 bits per heavy atom. The summed E-state index contributed by atoms with van der Waals surface area (Å²) in [5.41, 5.74) is 6.07. The number of primary amides is 1. The van der Waals surface area contributed by atoms with Crippen LogP contribution in [0.2, 0.25) is 5.02 Å². The standard InChI is InChI=1S/C25H16ClFN2O5/c26-14-3-10-19-18(11-14)23(31)21-22(13-1-8-17(9-2-13)33-12-20(28)30)29(25(32)24(21)34-19)16-6-4-15(27)5-7-16/h1-11,22H,12H2,(H2,28,30). The third-order valence-corrected chi connectivity index (χ3v) is 5.75. The summed E-state index contributed by atoms with van der Waals surface area (Å²) in [6.07, 6.45) is 0. The average molecular weight is 479 g/mol. The van der Waals surface area contributed by atoms with Crippen LogP contribution in [0.25, 0.3) is 11.0 Å². The molecule has 34 heavy (non-hydrogen) atoms. The van der Waals surface area contributed by atoms with Gasteiger partial charge in [-0.2, -0.15) is 0 Å². The zero-order valence-electron chi connectivity index (χ0n) is 17.5. The predicted octanol–water partition coefficient (Wildman–Crippen LogP) is 4.20. The number of nitrogens with two attached hydrogens (primary N) is 1. The number of hydrogen-bond donors (Lipinski definition) is 1. The quantitative estimate of drug-likeness (QED) is 0.463. The number of anilines is 1. The van der Waals surface area contributed by atoms with Crippen LogP contribution in [0.5, 0.6) is 5.75 Å². The number of hydrogen-bond acceptors (Lipinski definition) is 5. The minimum Gasteiger partial charge on any atom is -0.484 e. The van der Waals surface area contributed by atoms with Gasteiger partial charge in [0.05, 0.1) is 17.0 Å². The molecule has 7 nitrogen and oxygen atoms in total. The molecule has 0 spiro atoms. The highest BCUT2D eigenvalue weighted by Gasteiger charge is 2.43. The molecule has 2 amide bonds. The van der Waals surface area contributed by atoms with E-state index in [0.717, 1.165) is 0 Å². The van der Waals surface area contributed by atoms with E-state index in [1.165, 1.54) is 41.3 Å². The van der Waals surface area contributed by atoms with Crippen molar-refractivity contribution in [1.82, 2.24) is 0 Å². The Bertz CT molecular complexity index is 1500. The maximum absolute atomic E-state index is 13.6. The molecule has 1 aromatic heterocycles. The summed E-state index contributed by atoms with van der Waals surface area (Å²) in [5.74, 6) is -1.32. The summed E-state index contributed by atoms with van der Waals surface area (Å²) in [7, 11) is 0. The zero-order valence-corrected chi connectivity index (χ0v) is 18.2. The van der Waals surface area contributed by atoms with Gasteiger partial charge in [0.1, 0.15) is 17.1 Å². The molecule has 0 radical (unpaired) electrons. The van der Waals surface area contributed by atoms with E-state index in [2.05, 4.69) is 0 Å². The number of benzene rings is 3. The normalized spacial score (nSPS) is 14.9. The topological polar surface area (TPSA) is 103 Å². The highest BCUT2D eigenvalue weighted by molar-refractivity contribution is 6.31. The average Bonchev–Trinajstić information content (AvgIpc) is 3.11. The van der Waals surface area contributed by atoms with Crippen molar-refractivity contribution in [2.75, 3.05) is 11.5 Å². The fourth-order valence-electron chi connectivity index (χ4n) is 4.03. The Kier molecular flexibility index (Phi) is 5.30. The van der Waals surface area contributed by atoms with Crippen molar-refractivity contribution in [3.8, 4) is 5.75 Å². The minimum atomic E-state index is -0.849. The number of fused-ring (bicyclic) bond motifs is 2. The van der Waals surface area contributed by atoms with Crippen LogP contribution in [0.4, 0.5) is 10.1 Å². The predicted molar refractivity (Wildman–Crippen MR) is 124 cm³/mol. The molecule has 3 aromatic carbocycles. The first-order chi connectivity index (χ1) is 16.3. The molecule has 170 valence electrons. The molecule has 5 rings (SSSR count). The van der Waals surface area contributed by atoms with Crippen molar-refractivity contribution in [1.29, 1.82) is 0 Å². The van der Waals surface area contributed by atoms with Crippen LogP contribution < -0.4 is 20.8 Å². The number of carbonyl (C=O) groups is 2. The van der Waals surface area contributed by atoms with Gasteiger partial charge in [-0.25, -0.2) is 4.39 Å². The smallest absolute Gasteiger partial charge is 0.295 e. The monoisotopic (exact) mass is 478 g/mol. The molecule has 0 saturated heterocycles. The molecule has 1 aliphatic heterocycles. The lowest BCUT2D eigenvalue weighted by atomic mass is 9.98. The molecule has 0 fully saturated rings. The number of nitrogens with zero attached hydrogens (tertiary/aromatic N) is 1. The van der Waals surface area contributed by atoms with Crippen LogP contribution in [0, 0.1) is 5.82 Å². The second-order valence-corrected chi connectivity index (χ2v) is 8.13. The number of amides is 2. The van der Waals surface area contributed by atoms with E-state index in [1.54, 1.807) is 30.3 Å². The number of rotatable bonds is 5. The molecule has 1 aliphatic rings. The summed E-state index contributed by atoms with van der Waals surface area (Å²) >= 11 is 6.09. The van der Waals surface area contributed by atoms with Gasteiger partial charge >= 0.3 is 0 Å². The third-order valence-electron chi connectivity index (χ3n) is 5.51. The van der Waals surface area contributed by atoms with Gasteiger partial charge in [0.25, 0.3) is 11.8 Å². The first-order valence-corrected chi connectivity index (χ1v) is 10.6. The summed E-state index contributed by atoms with van der Waals surface area (Å²) in [5, 5.41) is 0.596. The van der Waals surface area contributed by atoms with Crippen molar-refractivity contribution in [2.45, 2.75) is 6.04 Å². The van der Waals surface area contributed by atoms with E-state index in [-0.39, 0.29) is 28.9 Å². The molecule has 0 saturated carbocycles. The van der Waals surface area contributed by atoms with E-state index < -0.39 is 29.1 Å². The highest BCUT2D eigenvalue weighted by atomic mass is 35.5. The van der Waals surface area contributed by atoms with E-state index in [9.17, 15) is 18.8 Å². The summed E-state index contributed by atoms with van der Waals surface area (Å²) in [6.45, 7) is -0.290. The molecular formula is C25H16ClFN2O5. The molecule has 0 bridgehead atoms. The van der Waals surface area contributed by atoms with Crippen LogP contribution in [0.15, 0.2) is 75.9 Å². The first kappa shape index (κ1) is 21.7. The Morgan fingerprint density at radius 2 is 1.76 bits per heavy atom. The molecular weight excluding hydrogens is 463 g/mol. The Morgan fingerprint density at radius 3 is 2.44 bits per heavy atom. The van der Waals surface area contributed by atoms with Gasteiger partial charge in [-0.15, -0.1) is 0 Å². The fraction of sp³-hybridized carbons (Fsp3) is 0.0800. The van der Waals surface area contributed by atoms with Crippen molar-refractivity contribution in [2.24, 2.45) is 5.73 Å². The SMILES string of the molecule is NC(=O)COc1ccc(C2c3c(oc4ccc(Cl)cc4c3=O)C(=O)N2c2ccc(F)cc2)cc1. The Balaban J connectivity index is 1.69. The molecule has 0 aliphatic carbocycles. The molecule has 1 unspecified atom stereocenters. The van der Waals surface area contributed by atoms with Crippen LogP contribution in [0.3, 0.4) is 0 Å². The lowest BCUT2D eigenvalue weighted by Crippen LogP contribution is -2.29. The molecule has 4 aromatic rings. The van der Waals surface area contributed by atoms with Gasteiger partial charge in [0.2, 0.25) is 5.76 Å². The number of carbonyl (C=O) groups excluding carboxylic acids is 2. The summed E-state index contributed by atoms with van der Waals surface area (Å²) in [4.78, 5) is 39.4. The molecule has 1 atom stereocenters. The van der Waals surface area contributed by atoms with Gasteiger partial charge in [0.15, 0.2) is 12.0 Å². The summed E-state index contributed by atoms with van der Waals surface area (Å²) in [6, 6.07) is 15.7. The first-order valence-electron chi connectivity index (χ1n) is 10.2. The van der Waals surface area contributed by atoms with E-state index in [1.807, 2.05) is 0 Å². The zero-order chi connectivity index (χ0) is 24.0. The van der Waals surface area contributed by atoms with Crippen LogP contribution >= 0.6 is 11.6 Å². The van der Waals surface area contributed by atoms with Gasteiger partial charge in [-0.05, 0) is 60.2 Å². The number of ether oxygens (including phenoxy) is 1. The molecule has 2 N–H and O–H groups in total. The van der Waals surface area contributed by atoms with E-state index >= 15 is 0 Å². The van der Waals surface area contributed by atoms with Crippen LogP contribution in [-0.2, 0) is 4.79 Å². The van der Waals surface area contributed by atoms with Gasteiger partial charge in [-0.1, -0.05) is 23.7 Å². The van der Waals surface area contributed by atoms with Gasteiger partial charge in [0, 0.05) is 10.7 Å². The lowest BCUT2D eigenvalue weighted by molar-refractivity contribution is -0.119. The van der Waals surface area contributed by atoms with E-state index in [0.29, 0.717) is 22.0 Å². The molecule has 9 heteroatoms. The second-order valence-electron chi connectivity index (χ2n) is 7.69. The van der Waals surface area contributed by atoms with E-state index in [4.69, 9.17) is 26.5 Å². The second kappa shape index (κ2) is 8.31. The Hall–Kier alpha value is -4.17. The third kappa shape index (κ3) is 3.68. The maximum atomic E-state index is 13.6. The number of halogens is 2. The lowest BCUT2D eigenvalue weighted by Gasteiger charge is -2.25. The van der Waals surface area contributed by atoms with Crippen molar-refractivity contribution < 1.29 is 23.1 Å². The Labute approximate surface area is 197 Å². The summed E-state index contributed by atoms with van der Waals surface area (Å²) < 4.78 is 24.8.